The summed E-state index contributed by atoms with van der Waals surface area (Å²) in [6.45, 7) is 6.59. The Morgan fingerprint density at radius 1 is 1.38 bits per heavy atom. The zero-order valence-electron chi connectivity index (χ0n) is 9.94. The highest BCUT2D eigenvalue weighted by atomic mass is 16.5. The second-order valence-corrected chi connectivity index (χ2v) is 4.10. The first-order valence-electron chi connectivity index (χ1n) is 5.76. The van der Waals surface area contributed by atoms with Gasteiger partial charge in [0.05, 0.1) is 7.11 Å². The van der Waals surface area contributed by atoms with Crippen LogP contribution in [0.1, 0.15) is 18.5 Å². The lowest BCUT2D eigenvalue weighted by Gasteiger charge is -2.32. The van der Waals surface area contributed by atoms with Gasteiger partial charge in [-0.1, -0.05) is 6.07 Å². The summed E-state index contributed by atoms with van der Waals surface area (Å²) in [4.78, 5) is 6.72. The van der Waals surface area contributed by atoms with Crippen molar-refractivity contribution in [3.05, 3.63) is 23.9 Å². The van der Waals surface area contributed by atoms with Crippen LogP contribution in [0.15, 0.2) is 18.3 Å². The number of ether oxygens (including phenoxy) is 1. The molecule has 16 heavy (non-hydrogen) atoms. The average Bonchev–Trinajstić information content (AvgIpc) is 2.39. The van der Waals surface area contributed by atoms with Crippen LogP contribution in [0.2, 0.25) is 0 Å². The van der Waals surface area contributed by atoms with Gasteiger partial charge in [0.25, 0.3) is 0 Å². The van der Waals surface area contributed by atoms with E-state index in [0.29, 0.717) is 11.9 Å². The number of pyridine rings is 1. The molecule has 4 nitrogen and oxygen atoms in total. The highest BCUT2D eigenvalue weighted by molar-refractivity contribution is 5.20. The van der Waals surface area contributed by atoms with E-state index >= 15 is 0 Å². The fourth-order valence-corrected chi connectivity index (χ4v) is 2.04. The SMILES string of the molecule is COc1ccc([C@@H](C)N2CCNCC2)cn1. The summed E-state index contributed by atoms with van der Waals surface area (Å²) in [5, 5.41) is 3.36. The van der Waals surface area contributed by atoms with Crippen molar-refractivity contribution in [2.45, 2.75) is 13.0 Å². The minimum absolute atomic E-state index is 0.431. The summed E-state index contributed by atoms with van der Waals surface area (Å²) >= 11 is 0. The van der Waals surface area contributed by atoms with E-state index in [2.05, 4.69) is 28.2 Å². The molecule has 0 radical (unpaired) electrons. The maximum Gasteiger partial charge on any atom is 0.212 e. The van der Waals surface area contributed by atoms with Crippen molar-refractivity contribution in [2.75, 3.05) is 33.3 Å². The Morgan fingerprint density at radius 2 is 2.12 bits per heavy atom. The molecule has 88 valence electrons. The smallest absolute Gasteiger partial charge is 0.212 e. The van der Waals surface area contributed by atoms with E-state index in [4.69, 9.17) is 4.74 Å². The quantitative estimate of drug-likeness (QED) is 0.828. The molecule has 0 saturated carbocycles. The highest BCUT2D eigenvalue weighted by Crippen LogP contribution is 2.20. The number of aromatic nitrogens is 1. The van der Waals surface area contributed by atoms with Crippen molar-refractivity contribution >= 4 is 0 Å². The van der Waals surface area contributed by atoms with Crippen LogP contribution in [0.4, 0.5) is 0 Å². The van der Waals surface area contributed by atoms with Crippen molar-refractivity contribution in [2.24, 2.45) is 0 Å². The molecular formula is C12H19N3O. The molecule has 0 amide bonds. The summed E-state index contributed by atoms with van der Waals surface area (Å²) < 4.78 is 5.06. The van der Waals surface area contributed by atoms with Gasteiger partial charge in [0.1, 0.15) is 0 Å². The van der Waals surface area contributed by atoms with E-state index in [-0.39, 0.29) is 0 Å². The van der Waals surface area contributed by atoms with Crippen molar-refractivity contribution < 1.29 is 4.74 Å². The Bertz CT molecular complexity index is 320. The second kappa shape index (κ2) is 5.27. The third kappa shape index (κ3) is 2.51. The van der Waals surface area contributed by atoms with E-state index in [1.807, 2.05) is 12.3 Å². The molecule has 1 aliphatic heterocycles. The van der Waals surface area contributed by atoms with Crippen LogP contribution in [0.3, 0.4) is 0 Å². The molecule has 4 heteroatoms. The predicted octanol–water partition coefficient (Wildman–Crippen LogP) is 1.06. The first-order chi connectivity index (χ1) is 7.81. The van der Waals surface area contributed by atoms with E-state index in [1.165, 1.54) is 5.56 Å². The van der Waals surface area contributed by atoms with Gasteiger partial charge in [-0.3, -0.25) is 4.90 Å². The van der Waals surface area contributed by atoms with Gasteiger partial charge in [-0.05, 0) is 12.5 Å². The van der Waals surface area contributed by atoms with Gasteiger partial charge < -0.3 is 10.1 Å². The largest absolute Gasteiger partial charge is 0.481 e. The molecule has 1 atom stereocenters. The number of rotatable bonds is 3. The van der Waals surface area contributed by atoms with E-state index < -0.39 is 0 Å². The summed E-state index contributed by atoms with van der Waals surface area (Å²) in [5.41, 5.74) is 1.25. The average molecular weight is 221 g/mol. The number of hydrogen-bond acceptors (Lipinski definition) is 4. The molecule has 2 heterocycles. The summed E-state index contributed by atoms with van der Waals surface area (Å²) in [6.07, 6.45) is 1.91. The van der Waals surface area contributed by atoms with E-state index in [0.717, 1.165) is 26.2 Å². The van der Waals surface area contributed by atoms with Crippen molar-refractivity contribution in [1.29, 1.82) is 0 Å². The molecule has 1 aromatic heterocycles. The zero-order chi connectivity index (χ0) is 11.4. The lowest BCUT2D eigenvalue weighted by Crippen LogP contribution is -2.44. The topological polar surface area (TPSA) is 37.4 Å². The van der Waals surface area contributed by atoms with Gasteiger partial charge >= 0.3 is 0 Å². The third-order valence-electron chi connectivity index (χ3n) is 3.15. The molecule has 0 unspecified atom stereocenters. The first-order valence-corrected chi connectivity index (χ1v) is 5.76. The maximum absolute atomic E-state index is 5.06. The Balaban J connectivity index is 2.04. The van der Waals surface area contributed by atoms with Crippen LogP contribution in [-0.2, 0) is 0 Å². The molecule has 1 aliphatic rings. The number of methoxy groups -OCH3 is 1. The number of nitrogens with zero attached hydrogens (tertiary/aromatic N) is 2. The highest BCUT2D eigenvalue weighted by Gasteiger charge is 2.17. The van der Waals surface area contributed by atoms with Crippen molar-refractivity contribution in [3.63, 3.8) is 0 Å². The summed E-state index contributed by atoms with van der Waals surface area (Å²) in [7, 11) is 1.64. The Morgan fingerprint density at radius 3 is 2.69 bits per heavy atom. The lowest BCUT2D eigenvalue weighted by atomic mass is 10.1. The minimum atomic E-state index is 0.431. The predicted molar refractivity (Wildman–Crippen MR) is 63.6 cm³/mol. The van der Waals surface area contributed by atoms with Gasteiger partial charge in [-0.15, -0.1) is 0 Å². The van der Waals surface area contributed by atoms with Crippen LogP contribution < -0.4 is 10.1 Å². The fourth-order valence-electron chi connectivity index (χ4n) is 2.04. The number of hydrogen-bond donors (Lipinski definition) is 1. The Hall–Kier alpha value is -1.13. The molecule has 1 N–H and O–H groups in total. The number of nitrogens with one attached hydrogen (secondary N) is 1. The zero-order valence-corrected chi connectivity index (χ0v) is 9.94. The van der Waals surface area contributed by atoms with Gasteiger partial charge in [0.2, 0.25) is 5.88 Å². The summed E-state index contributed by atoms with van der Waals surface area (Å²) in [5.74, 6) is 0.677. The summed E-state index contributed by atoms with van der Waals surface area (Å²) in [6, 6.07) is 4.45. The molecule has 0 aliphatic carbocycles. The third-order valence-corrected chi connectivity index (χ3v) is 3.15. The standard InChI is InChI=1S/C12H19N3O/c1-10(15-7-5-13-6-8-15)11-3-4-12(16-2)14-9-11/h3-4,9-10,13H,5-8H2,1-2H3/t10-/m1/s1. The fraction of sp³-hybridized carbons (Fsp3) is 0.583. The molecule has 2 rings (SSSR count). The van der Waals surface area contributed by atoms with E-state index in [1.54, 1.807) is 7.11 Å². The van der Waals surface area contributed by atoms with Crippen LogP contribution >= 0.6 is 0 Å². The minimum Gasteiger partial charge on any atom is -0.481 e. The lowest BCUT2D eigenvalue weighted by molar-refractivity contribution is 0.185. The van der Waals surface area contributed by atoms with Crippen LogP contribution in [0.5, 0.6) is 5.88 Å². The maximum atomic E-state index is 5.06. The molecule has 0 spiro atoms. The number of piperazine rings is 1. The monoisotopic (exact) mass is 221 g/mol. The van der Waals surface area contributed by atoms with Gasteiger partial charge in [0, 0.05) is 44.5 Å². The second-order valence-electron chi connectivity index (χ2n) is 4.10. The van der Waals surface area contributed by atoms with Crippen molar-refractivity contribution in [3.8, 4) is 5.88 Å². The van der Waals surface area contributed by atoms with E-state index in [9.17, 15) is 0 Å². The van der Waals surface area contributed by atoms with Crippen molar-refractivity contribution in [1.82, 2.24) is 15.2 Å². The molecule has 1 aromatic rings. The molecule has 1 fully saturated rings. The normalized spacial score (nSPS) is 19.4. The van der Waals surface area contributed by atoms with Crippen LogP contribution in [0.25, 0.3) is 0 Å². The molecule has 0 bridgehead atoms. The first kappa shape index (κ1) is 11.4. The van der Waals surface area contributed by atoms with Gasteiger partial charge in [-0.2, -0.15) is 0 Å². The Labute approximate surface area is 96.6 Å². The van der Waals surface area contributed by atoms with Crippen LogP contribution in [0, 0.1) is 0 Å². The molecule has 1 saturated heterocycles. The van der Waals surface area contributed by atoms with Gasteiger partial charge in [0.15, 0.2) is 0 Å². The van der Waals surface area contributed by atoms with Gasteiger partial charge in [-0.25, -0.2) is 4.98 Å². The molecule has 0 aromatic carbocycles. The molecular weight excluding hydrogens is 202 g/mol. The van der Waals surface area contributed by atoms with Crippen LogP contribution in [-0.4, -0.2) is 43.2 Å². The Kier molecular flexibility index (Phi) is 3.74.